The Morgan fingerprint density at radius 3 is 2.89 bits per heavy atom. The van der Waals surface area contributed by atoms with Gasteiger partial charge in [0, 0.05) is 37.2 Å². The third-order valence-electron chi connectivity index (χ3n) is 4.73. The van der Waals surface area contributed by atoms with Gasteiger partial charge >= 0.3 is 0 Å². The summed E-state index contributed by atoms with van der Waals surface area (Å²) in [6, 6.07) is 8.78. The summed E-state index contributed by atoms with van der Waals surface area (Å²) in [5.74, 6) is 4.54. The number of rotatable bonds is 2. The average Bonchev–Trinajstić information content (AvgIpc) is 3.21. The molecule has 0 saturated carbocycles. The highest BCUT2D eigenvalue weighted by molar-refractivity contribution is 6.04. The number of primary amides is 1. The van der Waals surface area contributed by atoms with Gasteiger partial charge in [0.05, 0.1) is 17.4 Å². The first-order chi connectivity index (χ1) is 13.4. The van der Waals surface area contributed by atoms with Crippen LogP contribution < -0.4 is 5.73 Å². The molecule has 2 aromatic heterocycles. The number of aliphatic hydroxyl groups is 1. The molecule has 8 nitrogen and oxygen atoms in total. The van der Waals surface area contributed by atoms with E-state index in [0.717, 1.165) is 0 Å². The van der Waals surface area contributed by atoms with Gasteiger partial charge < -0.3 is 15.7 Å². The number of pyridine rings is 1. The Balaban J connectivity index is 1.76. The summed E-state index contributed by atoms with van der Waals surface area (Å²) in [6.07, 6.45) is 3.44. The van der Waals surface area contributed by atoms with Crippen LogP contribution in [0.15, 0.2) is 42.7 Å². The summed E-state index contributed by atoms with van der Waals surface area (Å²) in [4.78, 5) is 29.3. The van der Waals surface area contributed by atoms with Crippen LogP contribution in [0, 0.1) is 11.8 Å². The molecule has 1 fully saturated rings. The van der Waals surface area contributed by atoms with E-state index in [1.807, 2.05) is 0 Å². The quantitative estimate of drug-likeness (QED) is 0.632. The lowest BCUT2D eigenvalue weighted by molar-refractivity contribution is -0.137. The van der Waals surface area contributed by atoms with E-state index in [4.69, 9.17) is 5.73 Å². The van der Waals surface area contributed by atoms with Crippen LogP contribution in [0.2, 0.25) is 0 Å². The van der Waals surface area contributed by atoms with Gasteiger partial charge in [0.25, 0.3) is 11.8 Å². The van der Waals surface area contributed by atoms with Crippen molar-refractivity contribution in [3.63, 3.8) is 0 Å². The largest absolute Gasteiger partial charge is 0.369 e. The second-order valence-corrected chi connectivity index (χ2v) is 6.65. The molecule has 28 heavy (non-hydrogen) atoms. The van der Waals surface area contributed by atoms with Gasteiger partial charge in [-0.15, -0.1) is 0 Å². The fourth-order valence-electron chi connectivity index (χ4n) is 3.20. The summed E-state index contributed by atoms with van der Waals surface area (Å²) < 4.78 is 1.57. The van der Waals surface area contributed by atoms with Gasteiger partial charge in [0.2, 0.25) is 5.60 Å². The van der Waals surface area contributed by atoms with Crippen molar-refractivity contribution in [3.05, 3.63) is 54.0 Å². The van der Waals surface area contributed by atoms with Crippen LogP contribution in [0.5, 0.6) is 0 Å². The molecule has 1 saturated heterocycles. The summed E-state index contributed by atoms with van der Waals surface area (Å²) in [5, 5.41) is 15.4. The van der Waals surface area contributed by atoms with Crippen LogP contribution in [0.25, 0.3) is 16.6 Å². The zero-order valence-corrected chi connectivity index (χ0v) is 15.1. The third-order valence-corrected chi connectivity index (χ3v) is 4.73. The standard InChI is InChI=1S/C20H17N5O3/c1-24-10-8-20(28,19(24)27)7-5-13-3-2-4-14(11-13)25-16-12-22-9-6-15(16)17(23-25)18(21)26/h2-4,6,9,11-12,28H,8,10H2,1H3,(H2,21,26). The van der Waals surface area contributed by atoms with E-state index in [1.165, 1.54) is 4.90 Å². The van der Waals surface area contributed by atoms with Crippen molar-refractivity contribution in [3.8, 4) is 17.5 Å². The molecule has 140 valence electrons. The number of likely N-dealkylation sites (tertiary alicyclic amines) is 1. The Bertz CT molecular complexity index is 1170. The zero-order chi connectivity index (χ0) is 19.9. The van der Waals surface area contributed by atoms with E-state index in [1.54, 1.807) is 54.5 Å². The molecule has 0 radical (unpaired) electrons. The number of hydrogen-bond acceptors (Lipinski definition) is 5. The summed E-state index contributed by atoms with van der Waals surface area (Å²) in [5.41, 5.74) is 5.81. The molecule has 1 aliphatic rings. The molecule has 1 aliphatic heterocycles. The van der Waals surface area contributed by atoms with E-state index in [2.05, 4.69) is 21.9 Å². The van der Waals surface area contributed by atoms with Crippen LogP contribution in [-0.2, 0) is 4.79 Å². The molecular formula is C20H17N5O3. The molecule has 3 aromatic rings. The topological polar surface area (TPSA) is 114 Å². The number of benzene rings is 1. The molecular weight excluding hydrogens is 358 g/mol. The zero-order valence-electron chi connectivity index (χ0n) is 15.1. The van der Waals surface area contributed by atoms with Gasteiger partial charge in [-0.05, 0) is 24.3 Å². The lowest BCUT2D eigenvalue weighted by Crippen LogP contribution is -2.37. The minimum atomic E-state index is -1.66. The highest BCUT2D eigenvalue weighted by Crippen LogP contribution is 2.23. The summed E-state index contributed by atoms with van der Waals surface area (Å²) in [6.45, 7) is 0.465. The summed E-state index contributed by atoms with van der Waals surface area (Å²) >= 11 is 0. The number of hydrogen-bond donors (Lipinski definition) is 2. The summed E-state index contributed by atoms with van der Waals surface area (Å²) in [7, 11) is 1.63. The van der Waals surface area contributed by atoms with Gasteiger partial charge in [0.15, 0.2) is 5.69 Å². The van der Waals surface area contributed by atoms with Gasteiger partial charge in [-0.2, -0.15) is 5.10 Å². The maximum atomic E-state index is 12.1. The normalized spacial score (nSPS) is 18.9. The first kappa shape index (κ1) is 17.7. The maximum Gasteiger partial charge on any atom is 0.269 e. The Hall–Kier alpha value is -3.70. The predicted molar refractivity (Wildman–Crippen MR) is 101 cm³/mol. The molecule has 1 unspecified atom stereocenters. The minimum Gasteiger partial charge on any atom is -0.369 e. The second kappa shape index (κ2) is 6.48. The fraction of sp³-hybridized carbons (Fsp3) is 0.200. The predicted octanol–water partition coefficient (Wildman–Crippen LogP) is 0.464. The van der Waals surface area contributed by atoms with Crippen molar-refractivity contribution in [2.24, 2.45) is 5.73 Å². The van der Waals surface area contributed by atoms with Crippen LogP contribution in [-0.4, -0.2) is 55.8 Å². The number of carbonyl (C=O) groups is 2. The van der Waals surface area contributed by atoms with Crippen molar-refractivity contribution in [2.45, 2.75) is 12.0 Å². The van der Waals surface area contributed by atoms with E-state index in [-0.39, 0.29) is 12.1 Å². The van der Waals surface area contributed by atoms with E-state index in [0.29, 0.717) is 28.7 Å². The van der Waals surface area contributed by atoms with Gasteiger partial charge in [-0.3, -0.25) is 14.6 Å². The average molecular weight is 375 g/mol. The smallest absolute Gasteiger partial charge is 0.269 e. The highest BCUT2D eigenvalue weighted by atomic mass is 16.3. The van der Waals surface area contributed by atoms with Crippen molar-refractivity contribution in [2.75, 3.05) is 13.6 Å². The van der Waals surface area contributed by atoms with Crippen LogP contribution in [0.4, 0.5) is 0 Å². The lowest BCUT2D eigenvalue weighted by Gasteiger charge is -2.13. The minimum absolute atomic E-state index is 0.155. The second-order valence-electron chi connectivity index (χ2n) is 6.65. The maximum absolute atomic E-state index is 12.1. The molecule has 0 aliphatic carbocycles. The molecule has 3 N–H and O–H groups in total. The monoisotopic (exact) mass is 375 g/mol. The van der Waals surface area contributed by atoms with Crippen LogP contribution in [0.3, 0.4) is 0 Å². The fourth-order valence-corrected chi connectivity index (χ4v) is 3.20. The molecule has 1 aromatic carbocycles. The van der Waals surface area contributed by atoms with Crippen molar-refractivity contribution in [1.29, 1.82) is 0 Å². The molecule has 0 bridgehead atoms. The van der Waals surface area contributed by atoms with Gasteiger partial charge in [-0.1, -0.05) is 17.9 Å². The first-order valence-electron chi connectivity index (χ1n) is 8.63. The Kier molecular flexibility index (Phi) is 4.09. The van der Waals surface area contributed by atoms with E-state index < -0.39 is 17.4 Å². The number of nitrogens with two attached hydrogens (primary N) is 1. The van der Waals surface area contributed by atoms with Gasteiger partial charge in [0.1, 0.15) is 0 Å². The number of nitrogens with zero attached hydrogens (tertiary/aromatic N) is 4. The molecule has 3 heterocycles. The number of amides is 2. The van der Waals surface area contributed by atoms with Crippen LogP contribution >= 0.6 is 0 Å². The number of aromatic nitrogens is 3. The Morgan fingerprint density at radius 2 is 2.18 bits per heavy atom. The Labute approximate surface area is 160 Å². The van der Waals surface area contributed by atoms with E-state index in [9.17, 15) is 14.7 Å². The van der Waals surface area contributed by atoms with E-state index >= 15 is 0 Å². The third kappa shape index (κ3) is 2.88. The lowest BCUT2D eigenvalue weighted by atomic mass is 10.0. The number of fused-ring (bicyclic) bond motifs is 1. The number of likely N-dealkylation sites (N-methyl/N-ethyl adjacent to an activating group) is 1. The SMILES string of the molecule is CN1CCC(O)(C#Cc2cccc(-n3nc(C(N)=O)c4ccncc43)c2)C1=O. The molecule has 1 atom stereocenters. The van der Waals surface area contributed by atoms with Crippen molar-refractivity contribution < 1.29 is 14.7 Å². The number of carbonyl (C=O) groups excluding carboxylic acids is 2. The first-order valence-corrected chi connectivity index (χ1v) is 8.63. The van der Waals surface area contributed by atoms with Crippen molar-refractivity contribution >= 4 is 22.7 Å². The van der Waals surface area contributed by atoms with Crippen molar-refractivity contribution in [1.82, 2.24) is 19.7 Å². The Morgan fingerprint density at radius 1 is 1.36 bits per heavy atom. The highest BCUT2D eigenvalue weighted by Gasteiger charge is 2.42. The molecule has 4 rings (SSSR count). The molecule has 0 spiro atoms. The van der Waals surface area contributed by atoms with Gasteiger partial charge in [-0.25, -0.2) is 4.68 Å². The van der Waals surface area contributed by atoms with Crippen LogP contribution in [0.1, 0.15) is 22.5 Å². The molecule has 8 heteroatoms. The molecule has 2 amide bonds.